The van der Waals surface area contributed by atoms with E-state index in [4.69, 9.17) is 4.74 Å². The lowest BCUT2D eigenvalue weighted by Crippen LogP contribution is -2.44. The molecule has 2 heterocycles. The first-order valence-electron chi connectivity index (χ1n) is 10.2. The molecule has 0 aromatic heterocycles. The fourth-order valence-corrected chi connectivity index (χ4v) is 4.41. The number of benzene rings is 2. The molecule has 0 saturated carbocycles. The average Bonchev–Trinajstić information content (AvgIpc) is 3.34. The van der Waals surface area contributed by atoms with Crippen molar-refractivity contribution in [1.82, 2.24) is 4.90 Å². The molecule has 2 aliphatic rings. The van der Waals surface area contributed by atoms with Gasteiger partial charge in [0, 0.05) is 29.7 Å². The number of ether oxygens (including phenoxy) is 1. The Labute approximate surface area is 176 Å². The highest BCUT2D eigenvalue weighted by Crippen LogP contribution is 2.41. The van der Waals surface area contributed by atoms with Crippen LogP contribution in [0, 0.1) is 23.4 Å². The summed E-state index contributed by atoms with van der Waals surface area (Å²) < 4.78 is 77.5. The van der Waals surface area contributed by atoms with E-state index in [1.807, 2.05) is 0 Å². The summed E-state index contributed by atoms with van der Waals surface area (Å²) in [5, 5.41) is 0. The maximum atomic E-state index is 15.3. The minimum absolute atomic E-state index is 0.0563. The van der Waals surface area contributed by atoms with Gasteiger partial charge in [-0.05, 0) is 30.9 Å². The van der Waals surface area contributed by atoms with E-state index >= 15 is 4.39 Å². The van der Waals surface area contributed by atoms with Gasteiger partial charge in [-0.1, -0.05) is 37.3 Å². The summed E-state index contributed by atoms with van der Waals surface area (Å²) in [7, 11) is 0. The highest BCUT2D eigenvalue weighted by molar-refractivity contribution is 5.82. The van der Waals surface area contributed by atoms with E-state index < -0.39 is 53.9 Å². The van der Waals surface area contributed by atoms with Crippen molar-refractivity contribution in [2.75, 3.05) is 13.2 Å². The van der Waals surface area contributed by atoms with Crippen LogP contribution in [0.3, 0.4) is 0 Å². The zero-order valence-corrected chi connectivity index (χ0v) is 16.9. The van der Waals surface area contributed by atoms with Gasteiger partial charge in [-0.2, -0.15) is 0 Å². The van der Waals surface area contributed by atoms with Crippen molar-refractivity contribution in [2.24, 2.45) is 5.92 Å². The van der Waals surface area contributed by atoms with Crippen molar-refractivity contribution in [1.29, 1.82) is 0 Å². The Bertz CT molecular complexity index is 990. The van der Waals surface area contributed by atoms with Gasteiger partial charge in [0.25, 0.3) is 11.8 Å². The Morgan fingerprint density at radius 3 is 2.45 bits per heavy atom. The summed E-state index contributed by atoms with van der Waals surface area (Å²) >= 11 is 0. The van der Waals surface area contributed by atoms with Crippen LogP contribution in [0.2, 0.25) is 0 Å². The molecule has 8 heteroatoms. The zero-order chi connectivity index (χ0) is 22.3. The van der Waals surface area contributed by atoms with Gasteiger partial charge in [0.05, 0.1) is 6.54 Å². The number of nitrogens with zero attached hydrogens (tertiary/aromatic N) is 1. The minimum Gasteiger partial charge on any atom is -0.368 e. The third-order valence-corrected chi connectivity index (χ3v) is 6.26. The molecule has 31 heavy (non-hydrogen) atoms. The predicted octanol–water partition coefficient (Wildman–Crippen LogP) is 4.97. The average molecular weight is 439 g/mol. The number of amides is 1. The summed E-state index contributed by atoms with van der Waals surface area (Å²) in [5.74, 6) is -7.96. The second kappa shape index (κ2) is 8.22. The Morgan fingerprint density at radius 2 is 1.77 bits per heavy atom. The lowest BCUT2D eigenvalue weighted by molar-refractivity contribution is -0.143. The zero-order valence-electron chi connectivity index (χ0n) is 16.9. The molecule has 0 spiro atoms. The van der Waals surface area contributed by atoms with E-state index in [0.29, 0.717) is 19.4 Å². The van der Waals surface area contributed by atoms with Crippen LogP contribution in [0.25, 0.3) is 11.1 Å². The smallest absolute Gasteiger partial charge is 0.269 e. The largest absolute Gasteiger partial charge is 0.368 e. The molecule has 3 atom stereocenters. The van der Waals surface area contributed by atoms with Crippen LogP contribution < -0.4 is 0 Å². The number of likely N-dealkylation sites (tertiary alicyclic amines) is 1. The molecule has 0 bridgehead atoms. The summed E-state index contributed by atoms with van der Waals surface area (Å²) in [6.45, 7) is 0.982. The normalized spacial score (nSPS) is 25.2. The topological polar surface area (TPSA) is 29.5 Å². The van der Waals surface area contributed by atoms with Crippen LogP contribution in [0.1, 0.15) is 25.3 Å². The number of halogens is 5. The van der Waals surface area contributed by atoms with Crippen LogP contribution in [0.5, 0.6) is 0 Å². The SMILES string of the molecule is C[C@@H]1[C@H](Cc2cccc(-c3cccc(F)c3F)c2F)N(C(=O)[C@H]2CCCO2)CC1(F)F. The number of carbonyl (C=O) groups is 1. The molecule has 3 nitrogen and oxygen atoms in total. The van der Waals surface area contributed by atoms with Crippen LogP contribution in [0.15, 0.2) is 36.4 Å². The lowest BCUT2D eigenvalue weighted by atomic mass is 9.91. The number of hydrogen-bond donors (Lipinski definition) is 0. The van der Waals surface area contributed by atoms with E-state index in [1.165, 1.54) is 37.3 Å². The Morgan fingerprint density at radius 1 is 1.10 bits per heavy atom. The van der Waals surface area contributed by atoms with Crippen molar-refractivity contribution in [3.05, 3.63) is 59.4 Å². The predicted molar refractivity (Wildman–Crippen MR) is 104 cm³/mol. The lowest BCUT2D eigenvalue weighted by Gasteiger charge is -2.28. The van der Waals surface area contributed by atoms with Gasteiger partial charge in [0.1, 0.15) is 11.9 Å². The van der Waals surface area contributed by atoms with E-state index in [1.54, 1.807) is 0 Å². The second-order valence-corrected chi connectivity index (χ2v) is 8.17. The first-order chi connectivity index (χ1) is 14.7. The molecule has 0 aliphatic carbocycles. The van der Waals surface area contributed by atoms with Gasteiger partial charge >= 0.3 is 0 Å². The van der Waals surface area contributed by atoms with Crippen molar-refractivity contribution < 1.29 is 31.5 Å². The molecular weight excluding hydrogens is 417 g/mol. The van der Waals surface area contributed by atoms with Crippen LogP contribution >= 0.6 is 0 Å². The molecular formula is C23H22F5NO2. The Balaban J connectivity index is 1.66. The molecule has 2 aromatic carbocycles. The van der Waals surface area contributed by atoms with Gasteiger partial charge in [-0.15, -0.1) is 0 Å². The molecule has 0 radical (unpaired) electrons. The van der Waals surface area contributed by atoms with E-state index in [-0.39, 0.29) is 23.1 Å². The van der Waals surface area contributed by atoms with Gasteiger partial charge in [0.2, 0.25) is 0 Å². The molecule has 4 rings (SSSR count). The number of rotatable bonds is 4. The molecule has 0 unspecified atom stereocenters. The van der Waals surface area contributed by atoms with Crippen molar-refractivity contribution in [2.45, 2.75) is 44.3 Å². The fraction of sp³-hybridized carbons (Fsp3) is 0.435. The minimum atomic E-state index is -3.12. The molecule has 2 aromatic rings. The fourth-order valence-electron chi connectivity index (χ4n) is 4.41. The van der Waals surface area contributed by atoms with Crippen LogP contribution in [0.4, 0.5) is 22.0 Å². The molecule has 0 N–H and O–H groups in total. The van der Waals surface area contributed by atoms with Gasteiger partial charge in [0.15, 0.2) is 11.6 Å². The molecule has 1 amide bonds. The summed E-state index contributed by atoms with van der Waals surface area (Å²) in [6.07, 6.45) is 0.203. The second-order valence-electron chi connectivity index (χ2n) is 8.17. The summed E-state index contributed by atoms with van der Waals surface area (Å²) in [6, 6.07) is 6.67. The Hall–Kier alpha value is -2.48. The van der Waals surface area contributed by atoms with Gasteiger partial charge < -0.3 is 9.64 Å². The van der Waals surface area contributed by atoms with E-state index in [9.17, 15) is 22.4 Å². The third kappa shape index (κ3) is 3.93. The first kappa shape index (κ1) is 21.7. The van der Waals surface area contributed by atoms with Crippen molar-refractivity contribution >= 4 is 5.91 Å². The van der Waals surface area contributed by atoms with Crippen molar-refractivity contribution in [3.63, 3.8) is 0 Å². The van der Waals surface area contributed by atoms with Crippen LogP contribution in [-0.4, -0.2) is 42.0 Å². The monoisotopic (exact) mass is 439 g/mol. The first-order valence-corrected chi connectivity index (χ1v) is 10.2. The van der Waals surface area contributed by atoms with E-state index in [0.717, 1.165) is 11.0 Å². The number of hydrogen-bond acceptors (Lipinski definition) is 2. The molecule has 2 saturated heterocycles. The van der Waals surface area contributed by atoms with E-state index in [2.05, 4.69) is 0 Å². The highest BCUT2D eigenvalue weighted by atomic mass is 19.3. The third-order valence-electron chi connectivity index (χ3n) is 6.26. The summed E-state index contributed by atoms with van der Waals surface area (Å²) in [4.78, 5) is 13.9. The Kier molecular flexibility index (Phi) is 5.77. The number of carbonyl (C=O) groups excluding carboxylic acids is 1. The van der Waals surface area contributed by atoms with Crippen molar-refractivity contribution in [3.8, 4) is 11.1 Å². The van der Waals surface area contributed by atoms with Crippen LogP contribution in [-0.2, 0) is 16.0 Å². The maximum Gasteiger partial charge on any atom is 0.269 e. The highest BCUT2D eigenvalue weighted by Gasteiger charge is 2.54. The quantitative estimate of drug-likeness (QED) is 0.630. The number of alkyl halides is 2. The van der Waals surface area contributed by atoms with Gasteiger partial charge in [-0.3, -0.25) is 4.79 Å². The maximum absolute atomic E-state index is 15.3. The molecule has 2 fully saturated rings. The van der Waals surface area contributed by atoms with Gasteiger partial charge in [-0.25, -0.2) is 22.0 Å². The molecule has 2 aliphatic heterocycles. The summed E-state index contributed by atoms with van der Waals surface area (Å²) in [5.41, 5.74) is -0.360. The standard InChI is InChI=1S/C23H22F5NO2/c1-13-18(29(12-23(13,27)28)22(30)19-9-4-10-31-19)11-14-5-2-6-15(20(14)25)16-7-3-8-17(24)21(16)26/h2-3,5-8,13,18-19H,4,9-12H2,1H3/t13-,18+,19-/m1/s1. The molecule has 166 valence electrons.